The molecule has 5 heteroatoms. The Morgan fingerprint density at radius 3 is 2.53 bits per heavy atom. The van der Waals surface area contributed by atoms with Crippen LogP contribution in [0.4, 0.5) is 11.6 Å². The predicted molar refractivity (Wildman–Crippen MR) is 77.0 cm³/mol. The molecule has 0 aliphatic rings. The molecule has 2 aromatic rings. The van der Waals surface area contributed by atoms with Crippen molar-refractivity contribution in [2.45, 2.75) is 13.5 Å². The molecule has 0 amide bonds. The summed E-state index contributed by atoms with van der Waals surface area (Å²) in [5, 5.41) is 6.43. The standard InChI is InChI=1S/C14H17N5/c1-3-6-16-13-9-14(19-11(2)18-13)17-10-12-4-7-15-8-5-12/h3-5,7-9H,1,6,10H2,2H3,(H2,16,17,18,19). The third-order valence-electron chi connectivity index (χ3n) is 2.49. The highest BCUT2D eigenvalue weighted by atomic mass is 15.1. The molecule has 0 bridgehead atoms. The second-order valence-electron chi connectivity index (χ2n) is 4.06. The van der Waals surface area contributed by atoms with Gasteiger partial charge in [0, 0.05) is 31.5 Å². The highest BCUT2D eigenvalue weighted by Crippen LogP contribution is 2.12. The van der Waals surface area contributed by atoms with E-state index in [-0.39, 0.29) is 0 Å². The molecule has 0 atom stereocenters. The van der Waals surface area contributed by atoms with Gasteiger partial charge in [-0.15, -0.1) is 6.58 Å². The fourth-order valence-electron chi connectivity index (χ4n) is 1.62. The largest absolute Gasteiger partial charge is 0.366 e. The molecule has 2 aromatic heterocycles. The predicted octanol–water partition coefficient (Wildman–Crippen LogP) is 2.39. The van der Waals surface area contributed by atoms with Crippen LogP contribution in [0.25, 0.3) is 0 Å². The molecule has 2 rings (SSSR count). The van der Waals surface area contributed by atoms with Crippen molar-refractivity contribution in [1.29, 1.82) is 0 Å². The number of anilines is 2. The van der Waals surface area contributed by atoms with Crippen LogP contribution >= 0.6 is 0 Å². The Kier molecular flexibility index (Phi) is 4.44. The van der Waals surface area contributed by atoms with Crippen molar-refractivity contribution in [2.75, 3.05) is 17.2 Å². The monoisotopic (exact) mass is 255 g/mol. The fourth-order valence-corrected chi connectivity index (χ4v) is 1.62. The number of hydrogen-bond acceptors (Lipinski definition) is 5. The van der Waals surface area contributed by atoms with Crippen LogP contribution < -0.4 is 10.6 Å². The van der Waals surface area contributed by atoms with Gasteiger partial charge in [-0.3, -0.25) is 4.98 Å². The minimum atomic E-state index is 0.681. The SMILES string of the molecule is C=CCNc1cc(NCc2ccncc2)nc(C)n1. The van der Waals surface area contributed by atoms with Crippen molar-refractivity contribution < 1.29 is 0 Å². The van der Waals surface area contributed by atoms with Gasteiger partial charge >= 0.3 is 0 Å². The maximum absolute atomic E-state index is 4.35. The van der Waals surface area contributed by atoms with Gasteiger partial charge in [0.05, 0.1) is 0 Å². The van der Waals surface area contributed by atoms with Crippen LogP contribution in [0.15, 0.2) is 43.2 Å². The first kappa shape index (κ1) is 13.0. The normalized spacial score (nSPS) is 9.95. The molecular formula is C14H17N5. The molecule has 0 radical (unpaired) electrons. The third-order valence-corrected chi connectivity index (χ3v) is 2.49. The van der Waals surface area contributed by atoms with Crippen molar-refractivity contribution in [3.63, 3.8) is 0 Å². The molecule has 0 aliphatic heterocycles. The van der Waals surface area contributed by atoms with Gasteiger partial charge in [0.1, 0.15) is 17.5 Å². The maximum atomic E-state index is 4.35. The molecule has 0 aromatic carbocycles. The van der Waals surface area contributed by atoms with Crippen LogP contribution in [0, 0.1) is 6.92 Å². The van der Waals surface area contributed by atoms with Gasteiger partial charge in [-0.1, -0.05) is 6.08 Å². The molecule has 19 heavy (non-hydrogen) atoms. The van der Waals surface area contributed by atoms with Gasteiger partial charge in [-0.25, -0.2) is 9.97 Å². The van der Waals surface area contributed by atoms with Crippen LogP contribution in [0.2, 0.25) is 0 Å². The van der Waals surface area contributed by atoms with Crippen LogP contribution in [-0.4, -0.2) is 21.5 Å². The summed E-state index contributed by atoms with van der Waals surface area (Å²) in [6, 6.07) is 5.83. The van der Waals surface area contributed by atoms with Crippen LogP contribution in [-0.2, 0) is 6.54 Å². The van der Waals surface area contributed by atoms with Gasteiger partial charge in [-0.05, 0) is 24.6 Å². The van der Waals surface area contributed by atoms with Crippen molar-refractivity contribution in [3.05, 3.63) is 54.6 Å². The molecule has 0 fully saturated rings. The number of nitrogens with one attached hydrogen (secondary N) is 2. The summed E-state index contributed by atoms with van der Waals surface area (Å²) in [6.07, 6.45) is 5.35. The Morgan fingerprint density at radius 2 is 1.84 bits per heavy atom. The Labute approximate surface area is 112 Å². The number of pyridine rings is 1. The van der Waals surface area contributed by atoms with E-state index in [9.17, 15) is 0 Å². The van der Waals surface area contributed by atoms with E-state index in [1.807, 2.05) is 25.1 Å². The Bertz CT molecular complexity index is 539. The molecular weight excluding hydrogens is 238 g/mol. The van der Waals surface area contributed by atoms with E-state index in [4.69, 9.17) is 0 Å². The topological polar surface area (TPSA) is 62.7 Å². The van der Waals surface area contributed by atoms with E-state index in [1.54, 1.807) is 18.5 Å². The smallest absolute Gasteiger partial charge is 0.132 e. The van der Waals surface area contributed by atoms with Crippen molar-refractivity contribution >= 4 is 11.6 Å². The van der Waals surface area contributed by atoms with Gasteiger partial charge in [0.2, 0.25) is 0 Å². The number of nitrogens with zero attached hydrogens (tertiary/aromatic N) is 3. The number of hydrogen-bond donors (Lipinski definition) is 2. The van der Waals surface area contributed by atoms with Crippen LogP contribution in [0.3, 0.4) is 0 Å². The third kappa shape index (κ3) is 4.06. The van der Waals surface area contributed by atoms with Crippen molar-refractivity contribution in [3.8, 4) is 0 Å². The first-order valence-corrected chi connectivity index (χ1v) is 6.11. The van der Waals surface area contributed by atoms with E-state index in [0.29, 0.717) is 13.1 Å². The number of aromatic nitrogens is 3. The molecule has 5 nitrogen and oxygen atoms in total. The van der Waals surface area contributed by atoms with Crippen molar-refractivity contribution in [2.24, 2.45) is 0 Å². The lowest BCUT2D eigenvalue weighted by Crippen LogP contribution is -2.07. The lowest BCUT2D eigenvalue weighted by molar-refractivity contribution is 1.02. The van der Waals surface area contributed by atoms with Gasteiger partial charge in [0.15, 0.2) is 0 Å². The highest BCUT2D eigenvalue weighted by Gasteiger charge is 2.01. The van der Waals surface area contributed by atoms with Gasteiger partial charge in [0.25, 0.3) is 0 Å². The molecule has 0 unspecified atom stereocenters. The maximum Gasteiger partial charge on any atom is 0.132 e. The lowest BCUT2D eigenvalue weighted by Gasteiger charge is -2.09. The summed E-state index contributed by atoms with van der Waals surface area (Å²) in [5.74, 6) is 2.33. The molecule has 2 heterocycles. The zero-order valence-corrected chi connectivity index (χ0v) is 10.9. The summed E-state index contributed by atoms with van der Waals surface area (Å²) in [5.41, 5.74) is 1.16. The first-order valence-electron chi connectivity index (χ1n) is 6.11. The minimum absolute atomic E-state index is 0.681. The Balaban J connectivity index is 2.03. The summed E-state index contributed by atoms with van der Waals surface area (Å²) in [4.78, 5) is 12.6. The Morgan fingerprint density at radius 1 is 1.16 bits per heavy atom. The van der Waals surface area contributed by atoms with E-state index in [2.05, 4.69) is 32.2 Å². The zero-order chi connectivity index (χ0) is 13.5. The molecule has 0 saturated heterocycles. The summed E-state index contributed by atoms with van der Waals surface area (Å²) in [7, 11) is 0. The van der Waals surface area contributed by atoms with Gasteiger partial charge in [-0.2, -0.15) is 0 Å². The summed E-state index contributed by atoms with van der Waals surface area (Å²) in [6.45, 7) is 6.93. The quantitative estimate of drug-likeness (QED) is 0.776. The van der Waals surface area contributed by atoms with Crippen molar-refractivity contribution in [1.82, 2.24) is 15.0 Å². The molecule has 0 saturated carbocycles. The van der Waals surface area contributed by atoms with Gasteiger partial charge < -0.3 is 10.6 Å². The number of rotatable bonds is 6. The number of aryl methyl sites for hydroxylation is 1. The zero-order valence-electron chi connectivity index (χ0n) is 10.9. The lowest BCUT2D eigenvalue weighted by atomic mass is 10.3. The molecule has 0 aliphatic carbocycles. The van der Waals surface area contributed by atoms with Crippen LogP contribution in [0.5, 0.6) is 0 Å². The van der Waals surface area contributed by atoms with E-state index < -0.39 is 0 Å². The molecule has 0 spiro atoms. The minimum Gasteiger partial charge on any atom is -0.366 e. The second kappa shape index (κ2) is 6.49. The van der Waals surface area contributed by atoms with Crippen LogP contribution in [0.1, 0.15) is 11.4 Å². The highest BCUT2D eigenvalue weighted by molar-refractivity contribution is 5.48. The fraction of sp³-hybridized carbons (Fsp3) is 0.214. The van der Waals surface area contributed by atoms with E-state index in [1.165, 1.54) is 0 Å². The average Bonchev–Trinajstić information content (AvgIpc) is 2.43. The summed E-state index contributed by atoms with van der Waals surface area (Å²) >= 11 is 0. The van der Waals surface area contributed by atoms with E-state index >= 15 is 0 Å². The Hall–Kier alpha value is -2.43. The second-order valence-corrected chi connectivity index (χ2v) is 4.06. The molecule has 98 valence electrons. The molecule has 2 N–H and O–H groups in total. The average molecular weight is 255 g/mol. The van der Waals surface area contributed by atoms with E-state index in [0.717, 1.165) is 23.0 Å². The summed E-state index contributed by atoms with van der Waals surface area (Å²) < 4.78 is 0. The first-order chi connectivity index (χ1) is 9.28.